The van der Waals surface area contributed by atoms with Crippen LogP contribution in [-0.4, -0.2) is 28.9 Å². The van der Waals surface area contributed by atoms with Crippen LogP contribution in [0.15, 0.2) is 35.2 Å². The van der Waals surface area contributed by atoms with Crippen LogP contribution >= 0.6 is 0 Å². The fourth-order valence-electron chi connectivity index (χ4n) is 2.32. The molecule has 0 aliphatic heterocycles. The Hall–Kier alpha value is -2.22. The van der Waals surface area contributed by atoms with Gasteiger partial charge < -0.3 is 0 Å². The van der Waals surface area contributed by atoms with E-state index < -0.39 is 14.8 Å². The molecule has 0 radical (unpaired) electrons. The molecular weight excluding hydrogens is 306 g/mol. The minimum atomic E-state index is -3.34. The Labute approximate surface area is 128 Å². The fraction of sp³-hybridized carbons (Fsp3) is 0.357. The Bertz CT molecular complexity index is 782. The molecule has 0 atom stereocenters. The summed E-state index contributed by atoms with van der Waals surface area (Å²) in [6.45, 7) is 3.51. The SMILES string of the molecule is Cc1nn(CCCS(=O)(=O)c2ccccc2)c(C)c1[N+](=O)[O-]. The zero-order chi connectivity index (χ0) is 16.3. The van der Waals surface area contributed by atoms with E-state index >= 15 is 0 Å². The molecule has 0 unspecified atom stereocenters. The Kier molecular flexibility index (Phi) is 4.60. The number of hydrogen-bond acceptors (Lipinski definition) is 5. The summed E-state index contributed by atoms with van der Waals surface area (Å²) in [4.78, 5) is 10.8. The van der Waals surface area contributed by atoms with E-state index in [1.54, 1.807) is 44.2 Å². The zero-order valence-corrected chi connectivity index (χ0v) is 13.2. The van der Waals surface area contributed by atoms with Crippen LogP contribution in [-0.2, 0) is 16.4 Å². The topological polar surface area (TPSA) is 95.1 Å². The number of rotatable bonds is 6. The summed E-state index contributed by atoms with van der Waals surface area (Å²) in [6, 6.07) is 8.23. The zero-order valence-electron chi connectivity index (χ0n) is 12.4. The van der Waals surface area contributed by atoms with Crippen molar-refractivity contribution in [3.63, 3.8) is 0 Å². The van der Waals surface area contributed by atoms with Crippen molar-refractivity contribution in [2.45, 2.75) is 31.7 Å². The standard InChI is InChI=1S/C14H17N3O4S/c1-11-14(17(18)19)12(2)16(15-11)9-6-10-22(20,21)13-7-4-3-5-8-13/h3-5,7-8H,6,9-10H2,1-2H3. The number of aromatic nitrogens is 2. The molecule has 22 heavy (non-hydrogen) atoms. The Balaban J connectivity index is 2.06. The van der Waals surface area contributed by atoms with Gasteiger partial charge in [0, 0.05) is 6.54 Å². The fourth-order valence-corrected chi connectivity index (χ4v) is 3.64. The second-order valence-electron chi connectivity index (χ2n) is 4.99. The van der Waals surface area contributed by atoms with Gasteiger partial charge in [-0.2, -0.15) is 5.10 Å². The van der Waals surface area contributed by atoms with Crippen LogP contribution in [0.3, 0.4) is 0 Å². The maximum atomic E-state index is 12.1. The molecule has 0 fully saturated rings. The molecule has 1 heterocycles. The lowest BCUT2D eigenvalue weighted by Gasteiger charge is -2.05. The van der Waals surface area contributed by atoms with Gasteiger partial charge in [-0.25, -0.2) is 8.42 Å². The average Bonchev–Trinajstić information content (AvgIpc) is 2.74. The molecule has 7 nitrogen and oxygen atoms in total. The third-order valence-corrected chi connectivity index (χ3v) is 5.23. The minimum Gasteiger partial charge on any atom is -0.262 e. The molecule has 1 aromatic carbocycles. The Morgan fingerprint density at radius 2 is 1.86 bits per heavy atom. The van der Waals surface area contributed by atoms with E-state index in [-0.39, 0.29) is 16.3 Å². The summed E-state index contributed by atoms with van der Waals surface area (Å²) in [5, 5.41) is 15.0. The summed E-state index contributed by atoms with van der Waals surface area (Å²) >= 11 is 0. The molecule has 8 heteroatoms. The van der Waals surface area contributed by atoms with Crippen LogP contribution in [0.25, 0.3) is 0 Å². The van der Waals surface area contributed by atoms with Gasteiger partial charge in [-0.3, -0.25) is 14.8 Å². The van der Waals surface area contributed by atoms with E-state index in [1.165, 1.54) is 4.68 Å². The van der Waals surface area contributed by atoms with Crippen LogP contribution in [0.5, 0.6) is 0 Å². The number of nitrogens with zero attached hydrogens (tertiary/aromatic N) is 3. The predicted molar refractivity (Wildman–Crippen MR) is 81.5 cm³/mol. The third-order valence-electron chi connectivity index (χ3n) is 3.41. The van der Waals surface area contributed by atoms with Crippen molar-refractivity contribution in [2.24, 2.45) is 0 Å². The number of sulfone groups is 1. The highest BCUT2D eigenvalue weighted by Gasteiger charge is 2.22. The first kappa shape index (κ1) is 16.2. The van der Waals surface area contributed by atoms with E-state index in [4.69, 9.17) is 0 Å². The summed E-state index contributed by atoms with van der Waals surface area (Å²) in [6.07, 6.45) is 0.344. The highest BCUT2D eigenvalue weighted by molar-refractivity contribution is 7.91. The smallest absolute Gasteiger partial charge is 0.262 e. The van der Waals surface area contributed by atoms with Gasteiger partial charge in [0.05, 0.1) is 15.6 Å². The highest BCUT2D eigenvalue weighted by atomic mass is 32.2. The van der Waals surface area contributed by atoms with Crippen molar-refractivity contribution in [3.8, 4) is 0 Å². The Morgan fingerprint density at radius 1 is 1.23 bits per heavy atom. The lowest BCUT2D eigenvalue weighted by Crippen LogP contribution is -2.11. The molecule has 2 aromatic rings. The van der Waals surface area contributed by atoms with E-state index in [1.807, 2.05) is 0 Å². The highest BCUT2D eigenvalue weighted by Crippen LogP contribution is 2.22. The van der Waals surface area contributed by atoms with Crippen molar-refractivity contribution in [1.82, 2.24) is 9.78 Å². The molecular formula is C14H17N3O4S. The largest absolute Gasteiger partial charge is 0.312 e. The van der Waals surface area contributed by atoms with E-state index in [0.29, 0.717) is 24.4 Å². The molecule has 0 bridgehead atoms. The van der Waals surface area contributed by atoms with E-state index in [2.05, 4.69) is 5.10 Å². The van der Waals surface area contributed by atoms with Crippen molar-refractivity contribution in [3.05, 3.63) is 51.8 Å². The van der Waals surface area contributed by atoms with Crippen LogP contribution in [0.1, 0.15) is 17.8 Å². The van der Waals surface area contributed by atoms with Crippen LogP contribution < -0.4 is 0 Å². The number of benzene rings is 1. The van der Waals surface area contributed by atoms with Gasteiger partial charge in [-0.1, -0.05) is 18.2 Å². The maximum absolute atomic E-state index is 12.1. The van der Waals surface area contributed by atoms with Gasteiger partial charge in [0.25, 0.3) is 0 Å². The molecule has 0 aliphatic carbocycles. The number of hydrogen-bond donors (Lipinski definition) is 0. The van der Waals surface area contributed by atoms with Gasteiger partial charge in [0.1, 0.15) is 11.4 Å². The van der Waals surface area contributed by atoms with Crippen molar-refractivity contribution in [2.75, 3.05) is 5.75 Å². The van der Waals surface area contributed by atoms with Gasteiger partial charge in [-0.15, -0.1) is 0 Å². The lowest BCUT2D eigenvalue weighted by atomic mass is 10.3. The van der Waals surface area contributed by atoms with Crippen molar-refractivity contribution in [1.29, 1.82) is 0 Å². The van der Waals surface area contributed by atoms with Crippen molar-refractivity contribution >= 4 is 15.5 Å². The van der Waals surface area contributed by atoms with Gasteiger partial charge in [0.2, 0.25) is 0 Å². The molecule has 1 aromatic heterocycles. The first-order valence-electron chi connectivity index (χ1n) is 6.79. The monoisotopic (exact) mass is 323 g/mol. The number of aryl methyl sites for hydroxylation is 2. The summed E-state index contributed by atoms with van der Waals surface area (Å²) < 4.78 is 25.8. The molecule has 0 N–H and O–H groups in total. The lowest BCUT2D eigenvalue weighted by molar-refractivity contribution is -0.386. The quantitative estimate of drug-likeness (QED) is 0.600. The van der Waals surface area contributed by atoms with Gasteiger partial charge in [0.15, 0.2) is 9.84 Å². The first-order chi connectivity index (χ1) is 10.3. The summed E-state index contributed by atoms with van der Waals surface area (Å²) in [5.41, 5.74) is 0.777. The molecule has 0 saturated carbocycles. The normalized spacial score (nSPS) is 11.5. The van der Waals surface area contributed by atoms with Gasteiger partial charge in [-0.05, 0) is 32.4 Å². The number of nitro groups is 1. The van der Waals surface area contributed by atoms with E-state index in [0.717, 1.165) is 0 Å². The third kappa shape index (κ3) is 3.33. The van der Waals surface area contributed by atoms with Crippen LogP contribution in [0.2, 0.25) is 0 Å². The summed E-state index contributed by atoms with van der Waals surface area (Å²) in [5.74, 6) is -0.0246. The summed E-state index contributed by atoms with van der Waals surface area (Å²) in [7, 11) is -3.34. The molecule has 2 rings (SSSR count). The van der Waals surface area contributed by atoms with E-state index in [9.17, 15) is 18.5 Å². The second-order valence-corrected chi connectivity index (χ2v) is 7.09. The van der Waals surface area contributed by atoms with Gasteiger partial charge >= 0.3 is 5.69 Å². The molecule has 0 saturated heterocycles. The van der Waals surface area contributed by atoms with Crippen LogP contribution in [0, 0.1) is 24.0 Å². The first-order valence-corrected chi connectivity index (χ1v) is 8.44. The average molecular weight is 323 g/mol. The Morgan fingerprint density at radius 3 is 2.41 bits per heavy atom. The minimum absolute atomic E-state index is 0.00841. The molecule has 118 valence electrons. The van der Waals surface area contributed by atoms with Crippen molar-refractivity contribution < 1.29 is 13.3 Å². The molecule has 0 aliphatic rings. The van der Waals surface area contributed by atoms with Crippen LogP contribution in [0.4, 0.5) is 5.69 Å². The molecule has 0 spiro atoms. The second kappa shape index (κ2) is 6.27. The maximum Gasteiger partial charge on any atom is 0.312 e. The molecule has 0 amide bonds. The predicted octanol–water partition coefficient (Wildman–Crippen LogP) is 2.27.